The van der Waals surface area contributed by atoms with Crippen LogP contribution < -0.4 is 0 Å². The molecule has 2 aliphatic carbocycles. The van der Waals surface area contributed by atoms with E-state index < -0.39 is 0 Å². The molecule has 4 heterocycles. The highest BCUT2D eigenvalue weighted by Crippen LogP contribution is 2.45. The Kier molecular flexibility index (Phi) is 7.34. The van der Waals surface area contributed by atoms with Gasteiger partial charge in [0.15, 0.2) is 0 Å². The molecule has 5 aromatic carbocycles. The van der Waals surface area contributed by atoms with E-state index in [4.69, 9.17) is 9.97 Å². The van der Waals surface area contributed by atoms with E-state index in [1.54, 1.807) is 0 Å². The van der Waals surface area contributed by atoms with Crippen molar-refractivity contribution in [2.24, 2.45) is 0 Å². The Balaban J connectivity index is 1.16. The molecule has 0 saturated heterocycles. The topological polar surface area (TPSA) is 35.6 Å². The van der Waals surface area contributed by atoms with Crippen LogP contribution in [0, 0.1) is 27.7 Å². The number of allylic oxidation sites excluding steroid dienone is 1. The van der Waals surface area contributed by atoms with Gasteiger partial charge in [-0.25, -0.2) is 9.97 Å². The van der Waals surface area contributed by atoms with Crippen molar-refractivity contribution in [3.63, 3.8) is 0 Å². The summed E-state index contributed by atoms with van der Waals surface area (Å²) in [6, 6.07) is 43.2. The highest BCUT2D eigenvalue weighted by Gasteiger charge is 2.27. The van der Waals surface area contributed by atoms with Gasteiger partial charge in [0.05, 0.1) is 16.6 Å². The molecule has 0 fully saturated rings. The summed E-state index contributed by atoms with van der Waals surface area (Å²) in [5.41, 5.74) is 21.9. The van der Waals surface area contributed by atoms with E-state index in [9.17, 15) is 0 Å². The maximum absolute atomic E-state index is 4.97. The molecule has 0 amide bonds. The van der Waals surface area contributed by atoms with E-state index in [1.165, 1.54) is 111 Å². The molecule has 2 aliphatic rings. The fourth-order valence-electron chi connectivity index (χ4n) is 9.53. The van der Waals surface area contributed by atoms with Crippen LogP contribution in [0.4, 0.5) is 0 Å². The third kappa shape index (κ3) is 5.20. The molecule has 56 heavy (non-hydrogen) atoms. The molecule has 4 nitrogen and oxygen atoms in total. The van der Waals surface area contributed by atoms with Crippen LogP contribution in [0.3, 0.4) is 0 Å². The van der Waals surface area contributed by atoms with Crippen molar-refractivity contribution in [3.05, 3.63) is 178 Å². The van der Waals surface area contributed by atoms with Gasteiger partial charge >= 0.3 is 0 Å². The van der Waals surface area contributed by atoms with Crippen molar-refractivity contribution in [1.82, 2.24) is 19.1 Å². The molecule has 0 aliphatic heterocycles. The minimum atomic E-state index is 0.947. The first-order valence-corrected chi connectivity index (χ1v) is 19.9. The second-order valence-corrected chi connectivity index (χ2v) is 16.1. The van der Waals surface area contributed by atoms with Crippen molar-refractivity contribution in [2.75, 3.05) is 0 Å². The van der Waals surface area contributed by atoms with Gasteiger partial charge in [-0.05, 0) is 176 Å². The van der Waals surface area contributed by atoms with Gasteiger partial charge in [-0.3, -0.25) is 9.13 Å². The van der Waals surface area contributed by atoms with Crippen LogP contribution in [0.25, 0.3) is 78.2 Å². The van der Waals surface area contributed by atoms with Crippen LogP contribution in [-0.2, 0) is 19.3 Å². The first-order valence-electron chi connectivity index (χ1n) is 19.9. The molecule has 0 spiro atoms. The molecular formula is C52H42N4. The largest absolute Gasteiger partial charge is 0.298 e. The van der Waals surface area contributed by atoms with Crippen LogP contribution in [0.5, 0.6) is 0 Å². The fourth-order valence-corrected chi connectivity index (χ4v) is 9.53. The Morgan fingerprint density at radius 1 is 0.446 bits per heavy atom. The van der Waals surface area contributed by atoms with E-state index >= 15 is 0 Å². The lowest BCUT2D eigenvalue weighted by molar-refractivity contribution is 0.877. The zero-order valence-corrected chi connectivity index (χ0v) is 32.3. The molecule has 0 atom stereocenters. The van der Waals surface area contributed by atoms with Crippen molar-refractivity contribution in [1.29, 1.82) is 0 Å². The maximum atomic E-state index is 4.97. The second kappa shape index (κ2) is 12.5. The Labute approximate surface area is 327 Å². The molecule has 0 bridgehead atoms. The average molecular weight is 723 g/mol. The van der Waals surface area contributed by atoms with Crippen molar-refractivity contribution < 1.29 is 0 Å². The summed E-state index contributed by atoms with van der Waals surface area (Å²) in [5.74, 6) is 1.94. The zero-order valence-electron chi connectivity index (χ0n) is 32.3. The van der Waals surface area contributed by atoms with Gasteiger partial charge in [0, 0.05) is 39.8 Å². The van der Waals surface area contributed by atoms with Crippen LogP contribution >= 0.6 is 0 Å². The number of benzene rings is 5. The number of hydrogen-bond acceptors (Lipinski definition) is 2. The first kappa shape index (κ1) is 32.9. The zero-order chi connectivity index (χ0) is 37.7. The molecule has 0 N–H and O–H groups in total. The van der Waals surface area contributed by atoms with E-state index in [1.807, 2.05) is 12.4 Å². The Morgan fingerprint density at radius 3 is 1.70 bits per heavy atom. The fraction of sp³-hybridized carbons (Fsp3) is 0.154. The number of aromatic nitrogens is 4. The highest BCUT2D eigenvalue weighted by atomic mass is 15.1. The molecule has 0 unspecified atom stereocenters. The maximum Gasteiger partial charge on any atom is 0.137 e. The lowest BCUT2D eigenvalue weighted by Gasteiger charge is -2.21. The number of nitrogens with zero attached hydrogens (tertiary/aromatic N) is 4. The number of rotatable bonds is 4. The van der Waals surface area contributed by atoms with Crippen LogP contribution in [-0.4, -0.2) is 19.1 Å². The third-order valence-corrected chi connectivity index (χ3v) is 12.2. The van der Waals surface area contributed by atoms with E-state index in [-0.39, 0.29) is 0 Å². The van der Waals surface area contributed by atoms with Gasteiger partial charge in [0.1, 0.15) is 11.6 Å². The molecule has 0 radical (unpaired) electrons. The lowest BCUT2D eigenvalue weighted by Crippen LogP contribution is -2.07. The summed E-state index contributed by atoms with van der Waals surface area (Å²) in [6.07, 6.45) is 10.3. The third-order valence-electron chi connectivity index (χ3n) is 12.2. The molecule has 270 valence electrons. The van der Waals surface area contributed by atoms with Gasteiger partial charge < -0.3 is 0 Å². The van der Waals surface area contributed by atoms with E-state index in [0.717, 1.165) is 37.3 Å². The molecule has 4 heteroatoms. The number of hydrogen-bond donors (Lipinski definition) is 0. The Hall–Kier alpha value is -6.52. The first-order chi connectivity index (χ1) is 27.4. The molecule has 9 aromatic rings. The van der Waals surface area contributed by atoms with Crippen LogP contribution in [0.15, 0.2) is 128 Å². The molecule has 0 saturated carbocycles. The number of aryl methyl sites for hydroxylation is 6. The van der Waals surface area contributed by atoms with Crippen molar-refractivity contribution in [2.45, 2.75) is 53.4 Å². The summed E-state index contributed by atoms with van der Waals surface area (Å²) < 4.78 is 4.83. The van der Waals surface area contributed by atoms with Crippen LogP contribution in [0.1, 0.15) is 56.6 Å². The van der Waals surface area contributed by atoms with Crippen molar-refractivity contribution >= 4 is 44.4 Å². The van der Waals surface area contributed by atoms with Gasteiger partial charge in [0.25, 0.3) is 0 Å². The predicted molar refractivity (Wildman–Crippen MR) is 233 cm³/mol. The standard InChI is InChI=1S/C52H42N4/c1-31-7-5-9-35(21-31)37-13-15-47-43(25-37)45-27-39-11-12-40-28-46-44-26-38(36-10-6-8-32(2)22-36)14-16-48(44)56(52-24-34(4)18-20-54-52)50(46)30-42(40)41(39)29-49(45)55(47)51-23-33(3)17-19-53-51/h5-10,13,15,17-30H,11-12,14,16H2,1-4H3. The van der Waals surface area contributed by atoms with Gasteiger partial charge in [-0.2, -0.15) is 0 Å². The van der Waals surface area contributed by atoms with E-state index in [0.29, 0.717) is 0 Å². The quantitative estimate of drug-likeness (QED) is 0.181. The SMILES string of the molecule is Cc1cccc(C2=Cc3c(n(-c4cc(C)ccn4)c4cc5c(cc34)CCc3cc4c6cc(-c7cccc(C)c7)ccc6n(-c6cc(C)ccn6)c4cc3-5)CC2)c1. The Morgan fingerprint density at radius 2 is 1.02 bits per heavy atom. The number of pyridine rings is 2. The molecular weight excluding hydrogens is 681 g/mol. The summed E-state index contributed by atoms with van der Waals surface area (Å²) in [4.78, 5) is 9.91. The summed E-state index contributed by atoms with van der Waals surface area (Å²) in [6.45, 7) is 8.66. The molecule has 4 aromatic heterocycles. The second-order valence-electron chi connectivity index (χ2n) is 16.1. The minimum Gasteiger partial charge on any atom is -0.298 e. The normalized spacial score (nSPS) is 13.5. The minimum absolute atomic E-state index is 0.947. The van der Waals surface area contributed by atoms with Gasteiger partial charge in [-0.1, -0.05) is 65.7 Å². The van der Waals surface area contributed by atoms with Crippen LogP contribution in [0.2, 0.25) is 0 Å². The molecule has 11 rings (SSSR count). The summed E-state index contributed by atoms with van der Waals surface area (Å²) in [7, 11) is 0. The summed E-state index contributed by atoms with van der Waals surface area (Å²) in [5, 5.41) is 3.85. The Bertz CT molecular complexity index is 3130. The predicted octanol–water partition coefficient (Wildman–Crippen LogP) is 12.7. The van der Waals surface area contributed by atoms with Gasteiger partial charge in [-0.15, -0.1) is 0 Å². The smallest absolute Gasteiger partial charge is 0.137 e. The number of fused-ring (bicyclic) bond motifs is 9. The van der Waals surface area contributed by atoms with E-state index in [2.05, 4.69) is 158 Å². The van der Waals surface area contributed by atoms with Gasteiger partial charge in [0.2, 0.25) is 0 Å². The van der Waals surface area contributed by atoms with Crippen molar-refractivity contribution in [3.8, 4) is 33.9 Å². The highest BCUT2D eigenvalue weighted by molar-refractivity contribution is 6.12. The lowest BCUT2D eigenvalue weighted by atomic mass is 9.83. The average Bonchev–Trinajstić information content (AvgIpc) is 3.70. The summed E-state index contributed by atoms with van der Waals surface area (Å²) >= 11 is 0. The monoisotopic (exact) mass is 722 g/mol.